The molecule has 1 aromatic rings. The topological polar surface area (TPSA) is 46.5 Å². The fourth-order valence-corrected chi connectivity index (χ4v) is 2.55. The van der Waals surface area contributed by atoms with Crippen LogP contribution in [0, 0.1) is 6.92 Å². The molecular weight excluding hydrogens is 278 g/mol. The molecule has 1 aliphatic heterocycles. The van der Waals surface area contributed by atoms with Crippen LogP contribution in [-0.2, 0) is 10.2 Å². The highest BCUT2D eigenvalue weighted by atomic mass is 19.3. The molecule has 0 saturated heterocycles. The molecule has 5 heteroatoms. The Morgan fingerprint density at radius 1 is 1.33 bits per heavy atom. The van der Waals surface area contributed by atoms with E-state index >= 15 is 0 Å². The van der Waals surface area contributed by atoms with Gasteiger partial charge in [0.2, 0.25) is 0 Å². The normalized spacial score (nSPS) is 18.0. The van der Waals surface area contributed by atoms with Gasteiger partial charge >= 0.3 is 5.97 Å². The fraction of sp³-hybridized carbons (Fsp3) is 0.438. The zero-order valence-electron chi connectivity index (χ0n) is 12.4. The molecule has 0 fully saturated rings. The van der Waals surface area contributed by atoms with E-state index < -0.39 is 24.1 Å². The van der Waals surface area contributed by atoms with Gasteiger partial charge in [-0.2, -0.15) is 0 Å². The Labute approximate surface area is 122 Å². The number of hydrogen-bond acceptors (Lipinski definition) is 2. The Kier molecular flexibility index (Phi) is 3.78. The molecule has 0 radical (unpaired) electrons. The minimum absolute atomic E-state index is 0.153. The quantitative estimate of drug-likeness (QED) is 0.903. The first-order valence-electron chi connectivity index (χ1n) is 6.66. The number of carboxylic acids is 1. The highest BCUT2D eigenvalue weighted by Gasteiger charge is 2.35. The van der Waals surface area contributed by atoms with Gasteiger partial charge in [-0.05, 0) is 41.7 Å². The van der Waals surface area contributed by atoms with Gasteiger partial charge in [-0.15, -0.1) is 0 Å². The summed E-state index contributed by atoms with van der Waals surface area (Å²) in [7, 11) is 0. The second kappa shape index (κ2) is 5.13. The van der Waals surface area contributed by atoms with E-state index in [1.54, 1.807) is 12.1 Å². The first kappa shape index (κ1) is 15.5. The van der Waals surface area contributed by atoms with Crippen molar-refractivity contribution in [2.45, 2.75) is 45.6 Å². The lowest BCUT2D eigenvalue weighted by Gasteiger charge is -2.28. The summed E-state index contributed by atoms with van der Waals surface area (Å²) in [6.07, 6.45) is -3.34. The number of alkyl halides is 2. The van der Waals surface area contributed by atoms with E-state index in [0.29, 0.717) is 11.3 Å². The van der Waals surface area contributed by atoms with Crippen molar-refractivity contribution >= 4 is 12.0 Å². The summed E-state index contributed by atoms with van der Waals surface area (Å²) in [4.78, 5) is 11.1. The molecule has 3 nitrogen and oxygen atoms in total. The molecule has 1 aliphatic rings. The minimum atomic E-state index is -2.89. The number of carboxylic acid groups (broad SMARTS) is 1. The van der Waals surface area contributed by atoms with Crippen molar-refractivity contribution in [1.29, 1.82) is 0 Å². The van der Waals surface area contributed by atoms with Crippen molar-refractivity contribution in [3.63, 3.8) is 0 Å². The lowest BCUT2D eigenvalue weighted by molar-refractivity contribution is -0.134. The smallest absolute Gasteiger partial charge is 0.335 e. The third kappa shape index (κ3) is 2.91. The number of ether oxygens (including phenoxy) is 1. The molecule has 0 saturated carbocycles. The molecule has 0 bridgehead atoms. The highest BCUT2D eigenvalue weighted by Crippen LogP contribution is 2.37. The van der Waals surface area contributed by atoms with Gasteiger partial charge in [-0.3, -0.25) is 0 Å². The van der Waals surface area contributed by atoms with E-state index in [-0.39, 0.29) is 5.41 Å². The Balaban J connectivity index is 2.58. The summed E-state index contributed by atoms with van der Waals surface area (Å²) in [5.74, 6) is -1.08. The molecule has 1 aromatic carbocycles. The molecule has 0 aromatic heterocycles. The molecule has 0 amide bonds. The standard InChI is InChI=1S/C16H18F2O3/c1-8-5-9-6-10(15(19)20)13(14(17)18)21-12(9)7-11(8)16(2,3)4/h5-7,13-14H,1-4H3,(H,19,20). The maximum absolute atomic E-state index is 13.0. The van der Waals surface area contributed by atoms with Crippen LogP contribution in [-0.4, -0.2) is 23.6 Å². The molecule has 0 spiro atoms. The monoisotopic (exact) mass is 296 g/mol. The lowest BCUT2D eigenvalue weighted by Crippen LogP contribution is -2.33. The summed E-state index contributed by atoms with van der Waals surface area (Å²) < 4.78 is 31.3. The number of aliphatic carboxylic acids is 1. The zero-order valence-corrected chi connectivity index (χ0v) is 12.4. The van der Waals surface area contributed by atoms with E-state index in [1.807, 2.05) is 27.7 Å². The minimum Gasteiger partial charge on any atom is -0.479 e. The molecule has 0 aliphatic carbocycles. The van der Waals surface area contributed by atoms with Crippen LogP contribution >= 0.6 is 0 Å². The second-order valence-corrected chi connectivity index (χ2v) is 6.23. The van der Waals surface area contributed by atoms with Gasteiger partial charge in [-0.25, -0.2) is 13.6 Å². The van der Waals surface area contributed by atoms with E-state index in [2.05, 4.69) is 0 Å². The van der Waals surface area contributed by atoms with E-state index in [0.717, 1.165) is 11.1 Å². The summed E-state index contributed by atoms with van der Waals surface area (Å²) in [5, 5.41) is 9.05. The number of hydrogen-bond donors (Lipinski definition) is 1. The number of carbonyl (C=O) groups is 1. The van der Waals surface area contributed by atoms with E-state index in [9.17, 15) is 13.6 Å². The molecule has 2 rings (SSSR count). The van der Waals surface area contributed by atoms with Gasteiger partial charge in [0.05, 0.1) is 5.57 Å². The van der Waals surface area contributed by atoms with Crippen LogP contribution in [0.15, 0.2) is 17.7 Å². The first-order valence-corrected chi connectivity index (χ1v) is 6.66. The van der Waals surface area contributed by atoms with Crippen LogP contribution in [0.4, 0.5) is 8.78 Å². The second-order valence-electron chi connectivity index (χ2n) is 6.23. The number of benzene rings is 1. The molecule has 114 valence electrons. The molecule has 1 heterocycles. The Bertz CT molecular complexity index is 613. The molecule has 21 heavy (non-hydrogen) atoms. The van der Waals surface area contributed by atoms with Crippen molar-refractivity contribution in [3.05, 3.63) is 34.4 Å². The number of fused-ring (bicyclic) bond motifs is 1. The largest absolute Gasteiger partial charge is 0.479 e. The first-order chi connectivity index (χ1) is 9.61. The van der Waals surface area contributed by atoms with Crippen LogP contribution < -0.4 is 4.74 Å². The van der Waals surface area contributed by atoms with Crippen LogP contribution in [0.5, 0.6) is 5.75 Å². The Morgan fingerprint density at radius 3 is 2.43 bits per heavy atom. The maximum Gasteiger partial charge on any atom is 0.335 e. The van der Waals surface area contributed by atoms with Crippen molar-refractivity contribution in [1.82, 2.24) is 0 Å². The maximum atomic E-state index is 13.0. The zero-order chi connectivity index (χ0) is 15.9. The number of aryl methyl sites for hydroxylation is 1. The summed E-state index contributed by atoms with van der Waals surface area (Å²) >= 11 is 0. The average Bonchev–Trinajstić information content (AvgIpc) is 2.34. The van der Waals surface area contributed by atoms with Gasteiger partial charge < -0.3 is 9.84 Å². The third-order valence-corrected chi connectivity index (χ3v) is 3.51. The number of rotatable bonds is 2. The van der Waals surface area contributed by atoms with E-state index in [1.165, 1.54) is 6.08 Å². The average molecular weight is 296 g/mol. The van der Waals surface area contributed by atoms with Gasteiger partial charge in [0, 0.05) is 5.56 Å². The third-order valence-electron chi connectivity index (χ3n) is 3.51. The molecule has 1 atom stereocenters. The predicted molar refractivity (Wildman–Crippen MR) is 75.9 cm³/mol. The van der Waals surface area contributed by atoms with Gasteiger partial charge in [-0.1, -0.05) is 20.8 Å². The Morgan fingerprint density at radius 2 is 1.95 bits per heavy atom. The van der Waals surface area contributed by atoms with Crippen LogP contribution in [0.3, 0.4) is 0 Å². The van der Waals surface area contributed by atoms with Gasteiger partial charge in [0.15, 0.2) is 6.10 Å². The fourth-order valence-electron chi connectivity index (χ4n) is 2.55. The lowest BCUT2D eigenvalue weighted by atomic mass is 9.82. The summed E-state index contributed by atoms with van der Waals surface area (Å²) in [6.45, 7) is 7.98. The Hall–Kier alpha value is -1.91. The van der Waals surface area contributed by atoms with Gasteiger partial charge in [0.25, 0.3) is 6.43 Å². The molecule has 1 N–H and O–H groups in total. The number of halogens is 2. The summed E-state index contributed by atoms with van der Waals surface area (Å²) in [6, 6.07) is 3.51. The van der Waals surface area contributed by atoms with Crippen LogP contribution in [0.1, 0.15) is 37.5 Å². The van der Waals surface area contributed by atoms with Crippen molar-refractivity contribution in [2.24, 2.45) is 0 Å². The van der Waals surface area contributed by atoms with Gasteiger partial charge in [0.1, 0.15) is 5.75 Å². The van der Waals surface area contributed by atoms with Crippen molar-refractivity contribution in [3.8, 4) is 5.75 Å². The summed E-state index contributed by atoms with van der Waals surface area (Å²) in [5.41, 5.74) is 1.91. The molecule has 1 unspecified atom stereocenters. The molecular formula is C16H18F2O3. The van der Waals surface area contributed by atoms with Crippen molar-refractivity contribution < 1.29 is 23.4 Å². The van der Waals surface area contributed by atoms with Crippen LogP contribution in [0.25, 0.3) is 6.08 Å². The van der Waals surface area contributed by atoms with E-state index in [4.69, 9.17) is 9.84 Å². The predicted octanol–water partition coefficient (Wildman–Crippen LogP) is 3.79. The SMILES string of the molecule is Cc1cc2c(cc1C(C)(C)C)OC(C(F)F)C(C(=O)O)=C2. The highest BCUT2D eigenvalue weighted by molar-refractivity contribution is 5.95. The van der Waals surface area contributed by atoms with Crippen LogP contribution in [0.2, 0.25) is 0 Å². The van der Waals surface area contributed by atoms with Crippen molar-refractivity contribution in [2.75, 3.05) is 0 Å².